The molecule has 0 N–H and O–H groups in total. The van der Waals surface area contributed by atoms with E-state index < -0.39 is 0 Å². The molecule has 0 atom stereocenters. The summed E-state index contributed by atoms with van der Waals surface area (Å²) >= 11 is 0. The Labute approximate surface area is 421 Å². The molecule has 0 amide bonds. The van der Waals surface area contributed by atoms with Crippen molar-refractivity contribution in [1.29, 1.82) is 0 Å². The summed E-state index contributed by atoms with van der Waals surface area (Å²) in [7, 11) is 3.41. The normalized spacial score (nSPS) is 11.7. The molecule has 394 valence electrons. The quantitative estimate of drug-likeness (QED) is 0.0339. The third-order valence-corrected chi connectivity index (χ3v) is 15.9. The molecule has 0 aliphatic carbocycles. The van der Waals surface area contributed by atoms with Crippen molar-refractivity contribution in [2.24, 2.45) is 0 Å². The number of hydrogen-bond acceptors (Lipinski definition) is 8. The first-order valence-corrected chi connectivity index (χ1v) is 32.1. The fourth-order valence-electron chi connectivity index (χ4n) is 9.10. The van der Waals surface area contributed by atoms with Gasteiger partial charge >= 0.3 is 11.9 Å². The van der Waals surface area contributed by atoms with Crippen LogP contribution in [-0.4, -0.2) is 85.7 Å². The summed E-state index contributed by atoms with van der Waals surface area (Å²) in [5.41, 5.74) is 0. The maximum atomic E-state index is 12.7. The van der Waals surface area contributed by atoms with E-state index in [1.807, 2.05) is 0 Å². The third-order valence-electron chi connectivity index (χ3n) is 13.5. The number of rotatable bonds is 57. The number of unbranched alkanes of at least 4 members (excludes halogenated alkanes) is 36. The van der Waals surface area contributed by atoms with Crippen LogP contribution in [0.5, 0.6) is 0 Å². The van der Waals surface area contributed by atoms with Crippen molar-refractivity contribution in [3.05, 3.63) is 0 Å². The van der Waals surface area contributed by atoms with Gasteiger partial charge in [0.1, 0.15) is 13.2 Å². The Bertz CT molecular complexity index is 836. The predicted molar refractivity (Wildman–Crippen MR) is 296 cm³/mol. The highest BCUT2D eigenvalue weighted by Crippen LogP contribution is 2.21. The van der Waals surface area contributed by atoms with Crippen molar-refractivity contribution in [3.8, 4) is 0 Å². The summed E-state index contributed by atoms with van der Waals surface area (Å²) < 4.78 is 11.3. The van der Waals surface area contributed by atoms with E-state index in [1.165, 1.54) is 257 Å². The van der Waals surface area contributed by atoms with Crippen molar-refractivity contribution in [3.63, 3.8) is 0 Å². The van der Waals surface area contributed by atoms with Gasteiger partial charge in [-0.1, -0.05) is 280 Å². The van der Waals surface area contributed by atoms with Gasteiger partial charge < -0.3 is 19.3 Å². The van der Waals surface area contributed by atoms with Crippen LogP contribution in [0.25, 0.3) is 0 Å². The molecule has 0 fully saturated rings. The molecule has 8 heteroatoms. The highest BCUT2D eigenvalue weighted by molar-refractivity contribution is 8.76. The smallest absolute Gasteiger partial charge is 0.307 e. The zero-order valence-corrected chi connectivity index (χ0v) is 46.7. The van der Waals surface area contributed by atoms with Gasteiger partial charge in [0, 0.05) is 24.6 Å². The SMILES string of the molecule is CCCCCCCCCCCCN(CCCCCCCCCCCC)CCC(=O)OCCSSCCOC(=O)CCN(CCCCCCCCCCCC)CCCCCCCCCCCC. The zero-order valence-electron chi connectivity index (χ0n) is 45.1. The maximum Gasteiger partial charge on any atom is 0.307 e. The molecule has 6 nitrogen and oxygen atoms in total. The fourth-order valence-corrected chi connectivity index (χ4v) is 10.8. The molecular weight excluding hydrogens is 853 g/mol. The van der Waals surface area contributed by atoms with E-state index in [9.17, 15) is 9.59 Å². The Morgan fingerprint density at radius 3 is 0.697 bits per heavy atom. The number of carbonyl (C=O) groups excluding carboxylic acids is 2. The third kappa shape index (κ3) is 52.9. The summed E-state index contributed by atoms with van der Waals surface area (Å²) in [6, 6.07) is 0. The first kappa shape index (κ1) is 65.6. The minimum atomic E-state index is -0.0685. The molecule has 0 heterocycles. The van der Waals surface area contributed by atoms with Gasteiger partial charge in [-0.25, -0.2) is 0 Å². The Kier molecular flexibility index (Phi) is 56.8. The van der Waals surface area contributed by atoms with E-state index in [2.05, 4.69) is 37.5 Å². The Morgan fingerprint density at radius 1 is 0.288 bits per heavy atom. The summed E-state index contributed by atoms with van der Waals surface area (Å²) in [5.74, 6) is 1.39. The largest absolute Gasteiger partial charge is 0.465 e. The average molecular weight is 970 g/mol. The minimum Gasteiger partial charge on any atom is -0.465 e. The van der Waals surface area contributed by atoms with Gasteiger partial charge in [0.15, 0.2) is 0 Å². The topological polar surface area (TPSA) is 59.1 Å². The van der Waals surface area contributed by atoms with E-state index >= 15 is 0 Å². The van der Waals surface area contributed by atoms with Gasteiger partial charge in [0.2, 0.25) is 0 Å². The van der Waals surface area contributed by atoms with Crippen molar-refractivity contribution < 1.29 is 19.1 Å². The zero-order chi connectivity index (χ0) is 47.9. The molecule has 66 heavy (non-hydrogen) atoms. The lowest BCUT2D eigenvalue weighted by Crippen LogP contribution is -2.29. The van der Waals surface area contributed by atoms with Gasteiger partial charge in [0.05, 0.1) is 12.8 Å². The molecule has 0 saturated carbocycles. The highest BCUT2D eigenvalue weighted by atomic mass is 33.1. The van der Waals surface area contributed by atoms with Gasteiger partial charge in [-0.15, -0.1) is 0 Å². The van der Waals surface area contributed by atoms with Crippen LogP contribution in [0.2, 0.25) is 0 Å². The van der Waals surface area contributed by atoms with Crippen molar-refractivity contribution >= 4 is 33.5 Å². The van der Waals surface area contributed by atoms with E-state index in [0.717, 1.165) is 50.8 Å². The second-order valence-electron chi connectivity index (χ2n) is 20.0. The minimum absolute atomic E-state index is 0.0685. The van der Waals surface area contributed by atoms with Crippen LogP contribution in [0, 0.1) is 0 Å². The van der Waals surface area contributed by atoms with Gasteiger partial charge in [-0.2, -0.15) is 0 Å². The van der Waals surface area contributed by atoms with E-state index in [4.69, 9.17) is 9.47 Å². The molecule has 0 spiro atoms. The molecule has 0 bridgehead atoms. The van der Waals surface area contributed by atoms with Crippen LogP contribution < -0.4 is 0 Å². The molecular formula is C58H116N2O4S2. The van der Waals surface area contributed by atoms with Crippen molar-refractivity contribution in [2.75, 3.05) is 64.0 Å². The van der Waals surface area contributed by atoms with Crippen LogP contribution in [0.4, 0.5) is 0 Å². The Balaban J connectivity index is 4.35. The maximum absolute atomic E-state index is 12.7. The summed E-state index contributed by atoms with van der Waals surface area (Å²) in [4.78, 5) is 30.5. The van der Waals surface area contributed by atoms with Crippen molar-refractivity contribution in [1.82, 2.24) is 9.80 Å². The Morgan fingerprint density at radius 2 is 0.485 bits per heavy atom. The van der Waals surface area contributed by atoms with Crippen molar-refractivity contribution in [2.45, 2.75) is 297 Å². The molecule has 0 aromatic rings. The summed E-state index contributed by atoms with van der Waals surface area (Å²) in [5, 5.41) is 0. The van der Waals surface area contributed by atoms with Crippen LogP contribution in [0.15, 0.2) is 0 Å². The van der Waals surface area contributed by atoms with E-state index in [-0.39, 0.29) is 11.9 Å². The first-order chi connectivity index (χ1) is 32.6. The van der Waals surface area contributed by atoms with Crippen LogP contribution >= 0.6 is 21.6 Å². The van der Waals surface area contributed by atoms with Crippen LogP contribution in [-0.2, 0) is 19.1 Å². The molecule has 0 radical (unpaired) electrons. The summed E-state index contributed by atoms with van der Waals surface area (Å²) in [6.07, 6.45) is 55.3. The molecule has 0 rings (SSSR count). The molecule has 0 unspecified atom stereocenters. The number of hydrogen-bond donors (Lipinski definition) is 0. The first-order valence-electron chi connectivity index (χ1n) is 29.6. The predicted octanol–water partition coefficient (Wildman–Crippen LogP) is 18.5. The average Bonchev–Trinajstić information content (AvgIpc) is 3.32. The number of carbonyl (C=O) groups is 2. The highest BCUT2D eigenvalue weighted by Gasteiger charge is 2.12. The fraction of sp³-hybridized carbons (Fsp3) is 0.966. The monoisotopic (exact) mass is 969 g/mol. The molecule has 0 saturated heterocycles. The number of nitrogens with zero attached hydrogens (tertiary/aromatic N) is 2. The van der Waals surface area contributed by atoms with E-state index in [0.29, 0.717) is 26.1 Å². The lowest BCUT2D eigenvalue weighted by molar-refractivity contribution is -0.144. The molecule has 0 aromatic heterocycles. The molecule has 0 aromatic carbocycles. The molecule has 0 aliphatic rings. The van der Waals surface area contributed by atoms with E-state index in [1.54, 1.807) is 21.6 Å². The number of ether oxygens (including phenoxy) is 2. The van der Waals surface area contributed by atoms with Crippen LogP contribution in [0.1, 0.15) is 297 Å². The second kappa shape index (κ2) is 57.1. The number of esters is 2. The van der Waals surface area contributed by atoms with Gasteiger partial charge in [-0.05, 0) is 51.9 Å². The molecule has 0 aliphatic heterocycles. The second-order valence-corrected chi connectivity index (χ2v) is 22.7. The lowest BCUT2D eigenvalue weighted by Gasteiger charge is -2.22. The standard InChI is InChI=1S/C58H116N2O4S2/c1-5-9-13-17-21-25-29-33-37-41-47-59(48-42-38-34-30-26-22-18-14-10-6-2)51-45-57(61)63-53-55-65-66-56-54-64-58(62)46-52-60(49-43-39-35-31-27-23-19-15-11-7-3)50-44-40-36-32-28-24-20-16-12-8-4/h5-56H2,1-4H3. The van der Waals surface area contributed by atoms with Crippen LogP contribution in [0.3, 0.4) is 0 Å². The summed E-state index contributed by atoms with van der Waals surface area (Å²) in [6.45, 7) is 16.1. The van der Waals surface area contributed by atoms with Gasteiger partial charge in [-0.3, -0.25) is 9.59 Å². The lowest BCUT2D eigenvalue weighted by atomic mass is 10.1. The Hall–Kier alpha value is -0.440. The van der Waals surface area contributed by atoms with Gasteiger partial charge in [0.25, 0.3) is 0 Å².